The van der Waals surface area contributed by atoms with Crippen LogP contribution < -0.4 is 0 Å². The second-order valence-electron chi connectivity index (χ2n) is 15.3. The maximum Gasteiger partial charge on any atom is 0.306 e. The molecule has 49 heavy (non-hydrogen) atoms. The molecule has 1 aliphatic carbocycles. The fourth-order valence-corrected chi connectivity index (χ4v) is 7.11. The molecular weight excluding hydrogens is 610 g/mol. The minimum Gasteiger partial charge on any atom is -0.462 e. The van der Waals surface area contributed by atoms with Crippen LogP contribution in [0.25, 0.3) is 0 Å². The Hall–Kier alpha value is -1.14. The van der Waals surface area contributed by atoms with Gasteiger partial charge in [-0.15, -0.1) is 0 Å². The van der Waals surface area contributed by atoms with Crippen LogP contribution in [0.4, 0.5) is 0 Å². The van der Waals surface area contributed by atoms with Crippen LogP contribution in [0.1, 0.15) is 220 Å². The lowest BCUT2D eigenvalue weighted by Gasteiger charge is -2.21. The zero-order chi connectivity index (χ0) is 35.6. The molecule has 0 aromatic heterocycles. The Bertz CT molecular complexity index is 730. The van der Waals surface area contributed by atoms with Crippen molar-refractivity contribution < 1.29 is 24.2 Å². The highest BCUT2D eigenvalue weighted by Crippen LogP contribution is 2.38. The molecule has 290 valence electrons. The normalized spacial score (nSPS) is 15.7. The van der Waals surface area contributed by atoms with E-state index in [1.165, 1.54) is 116 Å². The molecule has 0 amide bonds. The van der Waals surface area contributed by atoms with Crippen LogP contribution in [0.3, 0.4) is 0 Å². The first kappa shape index (κ1) is 45.9. The van der Waals surface area contributed by atoms with Crippen molar-refractivity contribution in [3.8, 4) is 0 Å². The first-order valence-electron chi connectivity index (χ1n) is 21.8. The van der Waals surface area contributed by atoms with E-state index in [0.717, 1.165) is 83.7 Å². The molecule has 1 fully saturated rings. The Balaban J connectivity index is 2.11. The van der Waals surface area contributed by atoms with Gasteiger partial charge in [-0.3, -0.25) is 9.59 Å². The highest BCUT2D eigenvalue weighted by Gasteiger charge is 2.39. The van der Waals surface area contributed by atoms with Crippen LogP contribution in [0.15, 0.2) is 0 Å². The Morgan fingerprint density at radius 2 is 1.02 bits per heavy atom. The summed E-state index contributed by atoms with van der Waals surface area (Å²) < 4.78 is 11.7. The van der Waals surface area contributed by atoms with Crippen molar-refractivity contribution in [3.05, 3.63) is 0 Å². The minimum absolute atomic E-state index is 0.00856. The van der Waals surface area contributed by atoms with E-state index in [2.05, 4.69) is 25.7 Å². The summed E-state index contributed by atoms with van der Waals surface area (Å²) in [6.07, 6.45) is 36.0. The molecule has 0 aromatic carbocycles. The minimum atomic E-state index is -0.0138. The fraction of sp³-hybridized carbons (Fsp3) is 0.953. The predicted octanol–water partition coefficient (Wildman–Crippen LogP) is 11.9. The van der Waals surface area contributed by atoms with E-state index in [1.807, 2.05) is 0 Å². The number of hydrogen-bond acceptors (Lipinski definition) is 6. The number of hydrogen-bond donors (Lipinski definition) is 1. The van der Waals surface area contributed by atoms with E-state index >= 15 is 0 Å². The summed E-state index contributed by atoms with van der Waals surface area (Å²) in [6, 6.07) is 0. The maximum absolute atomic E-state index is 12.7. The molecule has 0 heterocycles. The Morgan fingerprint density at radius 1 is 0.571 bits per heavy atom. The van der Waals surface area contributed by atoms with Crippen molar-refractivity contribution in [1.29, 1.82) is 0 Å². The molecule has 1 aliphatic rings. The average Bonchev–Trinajstić information content (AvgIpc) is 3.83. The molecule has 0 spiro atoms. The summed E-state index contributed by atoms with van der Waals surface area (Å²) in [5, 5.41) is 9.54. The molecule has 6 heteroatoms. The van der Waals surface area contributed by atoms with Gasteiger partial charge in [0.05, 0.1) is 6.61 Å². The van der Waals surface area contributed by atoms with Gasteiger partial charge in [0.25, 0.3) is 0 Å². The van der Waals surface area contributed by atoms with E-state index in [1.54, 1.807) is 0 Å². The molecular formula is C43H83NO5. The van der Waals surface area contributed by atoms with Gasteiger partial charge in [-0.2, -0.15) is 0 Å². The Morgan fingerprint density at radius 3 is 1.57 bits per heavy atom. The topological polar surface area (TPSA) is 76.1 Å². The molecule has 2 unspecified atom stereocenters. The van der Waals surface area contributed by atoms with Crippen LogP contribution in [0.2, 0.25) is 0 Å². The van der Waals surface area contributed by atoms with Crippen molar-refractivity contribution in [2.24, 2.45) is 5.92 Å². The van der Waals surface area contributed by atoms with Crippen molar-refractivity contribution >= 4 is 11.9 Å². The highest BCUT2D eigenvalue weighted by atomic mass is 16.6. The Labute approximate surface area is 304 Å². The van der Waals surface area contributed by atoms with E-state index < -0.39 is 0 Å². The summed E-state index contributed by atoms with van der Waals surface area (Å²) >= 11 is 0. The third kappa shape index (κ3) is 29.2. The maximum atomic E-state index is 12.7. The molecule has 6 nitrogen and oxygen atoms in total. The van der Waals surface area contributed by atoms with E-state index in [9.17, 15) is 14.7 Å². The van der Waals surface area contributed by atoms with Gasteiger partial charge >= 0.3 is 11.9 Å². The van der Waals surface area contributed by atoms with Gasteiger partial charge in [-0.1, -0.05) is 143 Å². The highest BCUT2D eigenvalue weighted by molar-refractivity contribution is 5.70. The largest absolute Gasteiger partial charge is 0.462 e. The quantitative estimate of drug-likeness (QED) is 0.0512. The molecule has 1 N–H and O–H groups in total. The van der Waals surface area contributed by atoms with Crippen molar-refractivity contribution in [2.75, 3.05) is 26.2 Å². The van der Waals surface area contributed by atoms with Gasteiger partial charge in [0, 0.05) is 19.4 Å². The number of unbranched alkanes of at least 4 members (excludes halogenated alkanes) is 20. The van der Waals surface area contributed by atoms with E-state index in [4.69, 9.17) is 9.47 Å². The van der Waals surface area contributed by atoms with Crippen LogP contribution in [-0.4, -0.2) is 60.4 Å². The van der Waals surface area contributed by atoms with Crippen LogP contribution in [0, 0.1) is 5.92 Å². The van der Waals surface area contributed by atoms with Gasteiger partial charge in [0.1, 0.15) is 12.2 Å². The number of carbonyl (C=O) groups excluding carboxylic acids is 2. The monoisotopic (exact) mass is 694 g/mol. The fourth-order valence-electron chi connectivity index (χ4n) is 7.11. The molecule has 2 atom stereocenters. The number of ether oxygens (including phenoxy) is 2. The second-order valence-corrected chi connectivity index (χ2v) is 15.3. The van der Waals surface area contributed by atoms with Crippen LogP contribution in [0.5, 0.6) is 0 Å². The first-order valence-corrected chi connectivity index (χ1v) is 21.8. The summed E-state index contributed by atoms with van der Waals surface area (Å²) in [6.45, 7) is 9.65. The van der Waals surface area contributed by atoms with Crippen molar-refractivity contribution in [2.45, 2.75) is 232 Å². The predicted molar refractivity (Wildman–Crippen MR) is 207 cm³/mol. The Kier molecular flexibility index (Phi) is 31.8. The molecule has 0 radical (unpaired) electrons. The van der Waals surface area contributed by atoms with Gasteiger partial charge < -0.3 is 19.5 Å². The lowest BCUT2D eigenvalue weighted by Crippen LogP contribution is -2.29. The third-order valence-corrected chi connectivity index (χ3v) is 10.5. The molecule has 1 rings (SSSR count). The second kappa shape index (κ2) is 34.0. The number of aliphatic hydroxyl groups is 1. The average molecular weight is 694 g/mol. The number of esters is 2. The molecule has 0 aromatic rings. The zero-order valence-corrected chi connectivity index (χ0v) is 33.0. The number of aliphatic hydroxyl groups excluding tert-OH is 1. The summed E-state index contributed by atoms with van der Waals surface area (Å²) in [5.74, 6) is 0.611. The van der Waals surface area contributed by atoms with Gasteiger partial charge in [0.15, 0.2) is 0 Å². The standard InChI is InChI=1S/C43H83NO5/c1-4-7-10-13-17-23-30-40(31-24-18-14-11-8-5-2)48-42(46)32-25-19-15-20-27-34-44(36-37-45)35-28-21-26-33-43(47)49-41-38-39(41)29-22-16-12-9-6-3/h39-41,45H,4-38H2,1-3H3. The summed E-state index contributed by atoms with van der Waals surface area (Å²) in [5.41, 5.74) is 0. The molecule has 0 bridgehead atoms. The van der Waals surface area contributed by atoms with Crippen LogP contribution >= 0.6 is 0 Å². The van der Waals surface area contributed by atoms with Gasteiger partial charge in [0.2, 0.25) is 0 Å². The van der Waals surface area contributed by atoms with Gasteiger partial charge in [-0.25, -0.2) is 0 Å². The van der Waals surface area contributed by atoms with Crippen molar-refractivity contribution in [3.63, 3.8) is 0 Å². The SMILES string of the molecule is CCCCCCCCC(CCCCCCCC)OC(=O)CCCCCCCN(CCO)CCCCCC(=O)OC1CC1CCCCCCC. The van der Waals surface area contributed by atoms with Gasteiger partial charge in [-0.05, 0) is 83.2 Å². The lowest BCUT2D eigenvalue weighted by atomic mass is 10.0. The summed E-state index contributed by atoms with van der Waals surface area (Å²) in [7, 11) is 0. The van der Waals surface area contributed by atoms with E-state index in [-0.39, 0.29) is 30.8 Å². The number of nitrogens with zero attached hydrogens (tertiary/aromatic N) is 1. The molecule has 0 aliphatic heterocycles. The first-order chi connectivity index (χ1) is 24.0. The zero-order valence-electron chi connectivity index (χ0n) is 33.0. The summed E-state index contributed by atoms with van der Waals surface area (Å²) in [4.78, 5) is 27.3. The number of rotatable bonds is 38. The molecule has 1 saturated carbocycles. The van der Waals surface area contributed by atoms with Crippen molar-refractivity contribution in [1.82, 2.24) is 4.90 Å². The smallest absolute Gasteiger partial charge is 0.306 e. The molecule has 0 saturated heterocycles. The van der Waals surface area contributed by atoms with E-state index in [0.29, 0.717) is 25.3 Å². The van der Waals surface area contributed by atoms with Crippen LogP contribution in [-0.2, 0) is 19.1 Å². The number of carbonyl (C=O) groups is 2. The third-order valence-electron chi connectivity index (χ3n) is 10.5. The lowest BCUT2D eigenvalue weighted by molar-refractivity contribution is -0.150.